The van der Waals surface area contributed by atoms with Gasteiger partial charge in [0.25, 0.3) is 0 Å². The van der Waals surface area contributed by atoms with E-state index in [0.717, 1.165) is 6.42 Å². The van der Waals surface area contributed by atoms with Crippen molar-refractivity contribution in [1.82, 2.24) is 4.90 Å². The van der Waals surface area contributed by atoms with Crippen LogP contribution < -0.4 is 0 Å². The van der Waals surface area contributed by atoms with E-state index in [4.69, 9.17) is 5.11 Å². The first-order valence-corrected chi connectivity index (χ1v) is 6.06. The molecular weight excluding hydrogens is 190 g/mol. The van der Waals surface area contributed by atoms with Crippen LogP contribution in [0.15, 0.2) is 0 Å². The molecule has 1 aliphatic carbocycles. The van der Waals surface area contributed by atoms with Gasteiger partial charge in [0.15, 0.2) is 0 Å². The van der Waals surface area contributed by atoms with Gasteiger partial charge in [0, 0.05) is 18.5 Å². The van der Waals surface area contributed by atoms with Crippen molar-refractivity contribution in [3.8, 4) is 0 Å². The van der Waals surface area contributed by atoms with E-state index in [0.29, 0.717) is 24.9 Å². The Morgan fingerprint density at radius 3 is 2.60 bits per heavy atom. The lowest BCUT2D eigenvalue weighted by molar-refractivity contribution is -0.124. The van der Waals surface area contributed by atoms with Crippen molar-refractivity contribution in [2.45, 2.75) is 45.6 Å². The molecule has 1 atom stereocenters. The van der Waals surface area contributed by atoms with Crippen molar-refractivity contribution < 1.29 is 9.90 Å². The molecule has 0 spiro atoms. The second kappa shape index (κ2) is 6.23. The van der Waals surface area contributed by atoms with Crippen LogP contribution in [0.4, 0.5) is 0 Å². The number of ketones is 1. The van der Waals surface area contributed by atoms with Crippen LogP contribution in [0.25, 0.3) is 0 Å². The fraction of sp³-hybridized carbons (Fsp3) is 0.917. The summed E-state index contributed by atoms with van der Waals surface area (Å²) in [6.45, 7) is 5.36. The van der Waals surface area contributed by atoms with Crippen LogP contribution in [0.5, 0.6) is 0 Å². The fourth-order valence-corrected chi connectivity index (χ4v) is 1.85. The summed E-state index contributed by atoms with van der Waals surface area (Å²) in [6, 6.07) is 0.546. The summed E-state index contributed by atoms with van der Waals surface area (Å²) in [5, 5.41) is 8.96. The fourth-order valence-electron chi connectivity index (χ4n) is 1.85. The van der Waals surface area contributed by atoms with Crippen molar-refractivity contribution in [1.29, 1.82) is 0 Å². The number of carbonyl (C=O) groups excluding carboxylic acids is 1. The van der Waals surface area contributed by atoms with Gasteiger partial charge in [-0.15, -0.1) is 0 Å². The highest BCUT2D eigenvalue weighted by Crippen LogP contribution is 2.24. The van der Waals surface area contributed by atoms with Crippen LogP contribution >= 0.6 is 0 Å². The Bertz CT molecular complexity index is 202. The van der Waals surface area contributed by atoms with Crippen molar-refractivity contribution in [2.75, 3.05) is 19.7 Å². The standard InChI is InChI=1S/C12H23NO2/c1-3-10(2)12(15)9-13(7-8-14)11-5-4-6-11/h10-11,14H,3-9H2,1-2H3. The minimum atomic E-state index is 0.157. The zero-order valence-corrected chi connectivity index (χ0v) is 9.91. The first-order valence-electron chi connectivity index (χ1n) is 6.06. The van der Waals surface area contributed by atoms with Crippen LogP contribution in [0.1, 0.15) is 39.5 Å². The van der Waals surface area contributed by atoms with E-state index in [1.807, 2.05) is 13.8 Å². The van der Waals surface area contributed by atoms with Crippen LogP contribution in [0.2, 0.25) is 0 Å². The normalized spacial score (nSPS) is 18.9. The first-order chi connectivity index (χ1) is 7.19. The second-order valence-electron chi connectivity index (χ2n) is 4.55. The molecule has 15 heavy (non-hydrogen) atoms. The first kappa shape index (κ1) is 12.7. The number of aliphatic hydroxyl groups excluding tert-OH is 1. The monoisotopic (exact) mass is 213 g/mol. The third-order valence-corrected chi connectivity index (χ3v) is 3.50. The van der Waals surface area contributed by atoms with Gasteiger partial charge in [-0.05, 0) is 19.3 Å². The zero-order valence-electron chi connectivity index (χ0n) is 9.91. The van der Waals surface area contributed by atoms with Crippen molar-refractivity contribution in [3.05, 3.63) is 0 Å². The zero-order chi connectivity index (χ0) is 11.3. The molecule has 0 aliphatic heterocycles. The van der Waals surface area contributed by atoms with Crippen LogP contribution in [0, 0.1) is 5.92 Å². The summed E-state index contributed by atoms with van der Waals surface area (Å²) in [4.78, 5) is 13.9. The predicted molar refractivity (Wildman–Crippen MR) is 60.8 cm³/mol. The minimum absolute atomic E-state index is 0.157. The van der Waals surface area contributed by atoms with Crippen LogP contribution in [-0.2, 0) is 4.79 Å². The van der Waals surface area contributed by atoms with E-state index in [9.17, 15) is 4.79 Å². The van der Waals surface area contributed by atoms with Gasteiger partial charge in [-0.1, -0.05) is 20.3 Å². The SMILES string of the molecule is CCC(C)C(=O)CN(CCO)C1CCC1. The average molecular weight is 213 g/mol. The third kappa shape index (κ3) is 3.58. The maximum atomic E-state index is 11.8. The van der Waals surface area contributed by atoms with Gasteiger partial charge in [0.1, 0.15) is 5.78 Å². The Balaban J connectivity index is 2.39. The number of Topliss-reactive ketones (excluding diaryl/α,β-unsaturated/α-hetero) is 1. The van der Waals surface area contributed by atoms with E-state index >= 15 is 0 Å². The van der Waals surface area contributed by atoms with Crippen molar-refractivity contribution >= 4 is 5.78 Å². The Morgan fingerprint density at radius 2 is 2.20 bits per heavy atom. The summed E-state index contributed by atoms with van der Waals surface area (Å²) < 4.78 is 0. The molecule has 0 aromatic rings. The molecule has 0 heterocycles. The summed E-state index contributed by atoms with van der Waals surface area (Å²) in [7, 11) is 0. The lowest BCUT2D eigenvalue weighted by Crippen LogP contribution is -2.45. The van der Waals surface area contributed by atoms with Crippen LogP contribution in [0.3, 0.4) is 0 Å². The number of nitrogens with zero attached hydrogens (tertiary/aromatic N) is 1. The third-order valence-electron chi connectivity index (χ3n) is 3.50. The molecule has 0 saturated heterocycles. The number of hydrogen-bond donors (Lipinski definition) is 1. The number of carbonyl (C=O) groups is 1. The highest BCUT2D eigenvalue weighted by Gasteiger charge is 2.26. The lowest BCUT2D eigenvalue weighted by Gasteiger charge is -2.37. The average Bonchev–Trinajstić information content (AvgIpc) is 2.14. The van der Waals surface area contributed by atoms with Crippen molar-refractivity contribution in [3.63, 3.8) is 0 Å². The number of rotatable bonds is 7. The van der Waals surface area contributed by atoms with E-state index in [2.05, 4.69) is 4.90 Å². The molecule has 0 bridgehead atoms. The molecule has 0 amide bonds. The Labute approximate surface area is 92.5 Å². The highest BCUT2D eigenvalue weighted by molar-refractivity contribution is 5.82. The molecule has 1 rings (SSSR count). The van der Waals surface area contributed by atoms with E-state index in [-0.39, 0.29) is 12.5 Å². The van der Waals surface area contributed by atoms with E-state index < -0.39 is 0 Å². The molecule has 0 aromatic heterocycles. The summed E-state index contributed by atoms with van der Waals surface area (Å²) in [5.41, 5.74) is 0. The van der Waals surface area contributed by atoms with E-state index in [1.165, 1.54) is 19.3 Å². The maximum Gasteiger partial charge on any atom is 0.149 e. The predicted octanol–water partition coefficient (Wildman–Crippen LogP) is 1.45. The molecule has 1 N–H and O–H groups in total. The van der Waals surface area contributed by atoms with Gasteiger partial charge < -0.3 is 5.11 Å². The maximum absolute atomic E-state index is 11.8. The molecule has 1 aliphatic rings. The molecule has 0 aromatic carbocycles. The van der Waals surface area contributed by atoms with Crippen LogP contribution in [-0.4, -0.2) is 41.5 Å². The molecule has 1 unspecified atom stereocenters. The van der Waals surface area contributed by atoms with Gasteiger partial charge >= 0.3 is 0 Å². The molecule has 1 saturated carbocycles. The molecule has 3 nitrogen and oxygen atoms in total. The van der Waals surface area contributed by atoms with Crippen molar-refractivity contribution in [2.24, 2.45) is 5.92 Å². The number of hydrogen-bond acceptors (Lipinski definition) is 3. The van der Waals surface area contributed by atoms with Gasteiger partial charge in [-0.3, -0.25) is 9.69 Å². The lowest BCUT2D eigenvalue weighted by atomic mass is 9.90. The Hall–Kier alpha value is -0.410. The quantitative estimate of drug-likeness (QED) is 0.696. The largest absolute Gasteiger partial charge is 0.395 e. The molecule has 3 heteroatoms. The van der Waals surface area contributed by atoms with Gasteiger partial charge in [-0.25, -0.2) is 0 Å². The van der Waals surface area contributed by atoms with Gasteiger partial charge in [0.05, 0.1) is 13.2 Å². The second-order valence-corrected chi connectivity index (χ2v) is 4.55. The van der Waals surface area contributed by atoms with Gasteiger partial charge in [-0.2, -0.15) is 0 Å². The summed E-state index contributed by atoms with van der Waals surface area (Å²) in [6.07, 6.45) is 4.56. The molecule has 1 fully saturated rings. The summed E-state index contributed by atoms with van der Waals surface area (Å²) >= 11 is 0. The molecule has 0 radical (unpaired) electrons. The topological polar surface area (TPSA) is 40.5 Å². The highest BCUT2D eigenvalue weighted by atomic mass is 16.3. The Morgan fingerprint density at radius 1 is 1.53 bits per heavy atom. The molecule has 88 valence electrons. The summed E-state index contributed by atoms with van der Waals surface area (Å²) in [5.74, 6) is 0.476. The smallest absolute Gasteiger partial charge is 0.149 e. The Kier molecular flexibility index (Phi) is 5.26. The van der Waals surface area contributed by atoms with Gasteiger partial charge in [0.2, 0.25) is 0 Å². The minimum Gasteiger partial charge on any atom is -0.395 e. The van der Waals surface area contributed by atoms with E-state index in [1.54, 1.807) is 0 Å². The number of aliphatic hydroxyl groups is 1. The molecular formula is C12H23NO2.